The van der Waals surface area contributed by atoms with E-state index in [0.29, 0.717) is 0 Å². The summed E-state index contributed by atoms with van der Waals surface area (Å²) in [5.74, 6) is 1.86. The Balaban J connectivity index is 2.05. The summed E-state index contributed by atoms with van der Waals surface area (Å²) in [6.07, 6.45) is 9.07. The number of nitrogens with one attached hydrogen (secondary N) is 1. The molecule has 2 unspecified atom stereocenters. The molecule has 0 aliphatic rings. The molecule has 0 amide bonds. The normalized spacial score (nSPS) is 14.2. The van der Waals surface area contributed by atoms with Crippen molar-refractivity contribution in [3.05, 3.63) is 40.6 Å². The summed E-state index contributed by atoms with van der Waals surface area (Å²) in [4.78, 5) is 5.89. The van der Waals surface area contributed by atoms with Crippen molar-refractivity contribution >= 4 is 11.3 Å². The molecule has 0 saturated heterocycles. The number of hydrogen-bond acceptors (Lipinski definition) is 3. The van der Waals surface area contributed by atoms with E-state index in [-0.39, 0.29) is 6.04 Å². The summed E-state index contributed by atoms with van der Waals surface area (Å²) >= 11 is 1.80. The molecule has 2 heterocycles. The van der Waals surface area contributed by atoms with Crippen LogP contribution in [0.1, 0.15) is 56.3 Å². The van der Waals surface area contributed by atoms with Gasteiger partial charge >= 0.3 is 0 Å². The van der Waals surface area contributed by atoms with Gasteiger partial charge in [0.15, 0.2) is 0 Å². The van der Waals surface area contributed by atoms with E-state index in [1.54, 1.807) is 11.3 Å². The van der Waals surface area contributed by atoms with Crippen LogP contribution >= 0.6 is 11.3 Å². The van der Waals surface area contributed by atoms with Gasteiger partial charge in [-0.2, -0.15) is 0 Å². The fraction of sp³-hybridized carbons (Fsp3) is 0.588. The number of thiophene rings is 1. The quantitative estimate of drug-likeness (QED) is 0.745. The number of rotatable bonds is 9. The molecule has 116 valence electrons. The molecular weight excluding hydrogens is 278 g/mol. The highest BCUT2D eigenvalue weighted by Gasteiger charge is 2.20. The Morgan fingerprint density at radius 3 is 2.81 bits per heavy atom. The Kier molecular flexibility index (Phi) is 6.46. The van der Waals surface area contributed by atoms with Crippen molar-refractivity contribution < 1.29 is 0 Å². The lowest BCUT2D eigenvalue weighted by Gasteiger charge is -2.21. The Hall–Kier alpha value is -1.13. The molecule has 3 nitrogen and oxygen atoms in total. The number of hydrogen-bond donors (Lipinski definition) is 1. The molecule has 1 N–H and O–H groups in total. The predicted octanol–water partition coefficient (Wildman–Crippen LogP) is 4.38. The van der Waals surface area contributed by atoms with Gasteiger partial charge in [0.2, 0.25) is 0 Å². The van der Waals surface area contributed by atoms with Crippen LogP contribution in [0.25, 0.3) is 0 Å². The molecule has 0 radical (unpaired) electrons. The van der Waals surface area contributed by atoms with Crippen LogP contribution in [-0.4, -0.2) is 16.1 Å². The lowest BCUT2D eigenvalue weighted by Crippen LogP contribution is -2.29. The van der Waals surface area contributed by atoms with Gasteiger partial charge in [-0.05, 0) is 30.3 Å². The van der Waals surface area contributed by atoms with E-state index in [1.807, 2.05) is 12.4 Å². The zero-order chi connectivity index (χ0) is 15.1. The van der Waals surface area contributed by atoms with Crippen LogP contribution in [0.3, 0.4) is 0 Å². The monoisotopic (exact) mass is 305 g/mol. The first kappa shape index (κ1) is 16.2. The zero-order valence-corrected chi connectivity index (χ0v) is 14.2. The summed E-state index contributed by atoms with van der Waals surface area (Å²) in [6, 6.07) is 4.52. The molecule has 0 bridgehead atoms. The number of nitrogens with zero attached hydrogens (tertiary/aromatic N) is 2. The highest BCUT2D eigenvalue weighted by Crippen LogP contribution is 2.25. The van der Waals surface area contributed by atoms with E-state index < -0.39 is 0 Å². The van der Waals surface area contributed by atoms with Crippen molar-refractivity contribution in [2.75, 3.05) is 6.54 Å². The molecular formula is C17H27N3S. The summed E-state index contributed by atoms with van der Waals surface area (Å²) in [7, 11) is 2.07. The van der Waals surface area contributed by atoms with Crippen LogP contribution in [0, 0.1) is 5.92 Å². The van der Waals surface area contributed by atoms with E-state index in [2.05, 4.69) is 53.3 Å². The molecule has 0 fully saturated rings. The second-order valence-corrected chi connectivity index (χ2v) is 6.65. The van der Waals surface area contributed by atoms with Crippen molar-refractivity contribution in [2.24, 2.45) is 13.0 Å². The van der Waals surface area contributed by atoms with Crippen LogP contribution < -0.4 is 5.32 Å². The van der Waals surface area contributed by atoms with Gasteiger partial charge in [0.1, 0.15) is 11.9 Å². The first-order chi connectivity index (χ1) is 10.3. The van der Waals surface area contributed by atoms with Gasteiger partial charge in [0, 0.05) is 24.3 Å². The van der Waals surface area contributed by atoms with Crippen LogP contribution in [0.4, 0.5) is 0 Å². The second kappa shape index (κ2) is 8.35. The standard InChI is InChI=1S/C17H27N3S/c1-4-6-8-14(5-2)13-19-16(15-9-7-12-21-15)17-18-10-11-20(17)3/h7,9-12,14,16,19H,4-6,8,13H2,1-3H3. The van der Waals surface area contributed by atoms with Crippen LogP contribution in [0.15, 0.2) is 29.9 Å². The minimum Gasteiger partial charge on any atom is -0.336 e. The summed E-state index contributed by atoms with van der Waals surface area (Å²) in [5, 5.41) is 5.89. The topological polar surface area (TPSA) is 29.9 Å². The second-order valence-electron chi connectivity index (χ2n) is 5.67. The Labute approximate surface area is 132 Å². The fourth-order valence-electron chi connectivity index (χ4n) is 2.66. The van der Waals surface area contributed by atoms with Crippen molar-refractivity contribution in [2.45, 2.75) is 45.6 Å². The molecule has 0 spiro atoms. The molecule has 0 aromatic carbocycles. The SMILES string of the molecule is CCCCC(CC)CNC(c1cccs1)c1nccn1C. The molecule has 0 saturated carbocycles. The molecule has 21 heavy (non-hydrogen) atoms. The van der Waals surface area contributed by atoms with E-state index in [0.717, 1.165) is 18.3 Å². The Morgan fingerprint density at radius 1 is 1.38 bits per heavy atom. The lowest BCUT2D eigenvalue weighted by molar-refractivity contribution is 0.400. The van der Waals surface area contributed by atoms with E-state index in [4.69, 9.17) is 0 Å². The number of aromatic nitrogens is 2. The number of unbranched alkanes of at least 4 members (excludes halogenated alkanes) is 1. The summed E-state index contributed by atoms with van der Waals surface area (Å²) < 4.78 is 2.12. The summed E-state index contributed by atoms with van der Waals surface area (Å²) in [6.45, 7) is 5.62. The van der Waals surface area contributed by atoms with Crippen molar-refractivity contribution in [3.63, 3.8) is 0 Å². The fourth-order valence-corrected chi connectivity index (χ4v) is 3.45. The minimum absolute atomic E-state index is 0.209. The highest BCUT2D eigenvalue weighted by molar-refractivity contribution is 7.10. The average Bonchev–Trinajstić information content (AvgIpc) is 3.15. The van der Waals surface area contributed by atoms with Gasteiger partial charge in [-0.15, -0.1) is 11.3 Å². The van der Waals surface area contributed by atoms with Crippen LogP contribution in [0.5, 0.6) is 0 Å². The van der Waals surface area contributed by atoms with Gasteiger partial charge in [-0.25, -0.2) is 4.98 Å². The van der Waals surface area contributed by atoms with Crippen LogP contribution in [-0.2, 0) is 7.05 Å². The molecule has 2 aromatic rings. The first-order valence-electron chi connectivity index (χ1n) is 8.00. The van der Waals surface area contributed by atoms with Gasteiger partial charge in [-0.1, -0.05) is 39.2 Å². The Bertz CT molecular complexity index is 504. The predicted molar refractivity (Wildman–Crippen MR) is 90.7 cm³/mol. The van der Waals surface area contributed by atoms with Gasteiger partial charge in [0.25, 0.3) is 0 Å². The van der Waals surface area contributed by atoms with Gasteiger partial charge in [0.05, 0.1) is 0 Å². The molecule has 0 aliphatic carbocycles. The van der Waals surface area contributed by atoms with E-state index >= 15 is 0 Å². The maximum Gasteiger partial charge on any atom is 0.131 e. The third-order valence-electron chi connectivity index (χ3n) is 4.10. The molecule has 2 aromatic heterocycles. The number of aryl methyl sites for hydroxylation is 1. The average molecular weight is 305 g/mol. The molecule has 0 aliphatic heterocycles. The molecule has 4 heteroatoms. The largest absolute Gasteiger partial charge is 0.336 e. The van der Waals surface area contributed by atoms with Crippen LogP contribution in [0.2, 0.25) is 0 Å². The smallest absolute Gasteiger partial charge is 0.131 e. The van der Waals surface area contributed by atoms with Gasteiger partial charge < -0.3 is 9.88 Å². The maximum absolute atomic E-state index is 4.55. The molecule has 2 rings (SSSR count). The summed E-state index contributed by atoms with van der Waals surface area (Å²) in [5.41, 5.74) is 0. The van der Waals surface area contributed by atoms with Gasteiger partial charge in [-0.3, -0.25) is 0 Å². The number of imidazole rings is 1. The third-order valence-corrected chi connectivity index (χ3v) is 5.04. The van der Waals surface area contributed by atoms with E-state index in [9.17, 15) is 0 Å². The third kappa shape index (κ3) is 4.42. The first-order valence-corrected chi connectivity index (χ1v) is 8.88. The maximum atomic E-state index is 4.55. The zero-order valence-electron chi connectivity index (χ0n) is 13.4. The minimum atomic E-state index is 0.209. The van der Waals surface area contributed by atoms with E-state index in [1.165, 1.54) is 30.6 Å². The van der Waals surface area contributed by atoms with Crippen molar-refractivity contribution in [1.82, 2.24) is 14.9 Å². The van der Waals surface area contributed by atoms with Crippen molar-refractivity contribution in [1.29, 1.82) is 0 Å². The Morgan fingerprint density at radius 2 is 2.24 bits per heavy atom. The lowest BCUT2D eigenvalue weighted by atomic mass is 9.99. The molecule has 2 atom stereocenters. The van der Waals surface area contributed by atoms with Crippen molar-refractivity contribution in [3.8, 4) is 0 Å². The highest BCUT2D eigenvalue weighted by atomic mass is 32.1.